The zero-order chi connectivity index (χ0) is 14.1. The molecule has 5 nitrogen and oxygen atoms in total. The first-order valence-corrected chi connectivity index (χ1v) is 6.58. The van der Waals surface area contributed by atoms with Crippen molar-refractivity contribution in [1.82, 2.24) is 0 Å². The summed E-state index contributed by atoms with van der Waals surface area (Å²) in [4.78, 5) is 2.07. The third kappa shape index (κ3) is 2.27. The van der Waals surface area contributed by atoms with Gasteiger partial charge >= 0.3 is 0 Å². The SMILES string of the molecule is Cc1occc1CN(C)c1cc2c(cc1N)OCCO2. The normalized spacial score (nSPS) is 13.3. The Bertz CT molecular complexity index is 622. The average Bonchev–Trinajstić information content (AvgIpc) is 2.83. The molecule has 0 amide bonds. The van der Waals surface area contributed by atoms with E-state index in [9.17, 15) is 0 Å². The van der Waals surface area contributed by atoms with Crippen molar-refractivity contribution in [2.24, 2.45) is 0 Å². The molecular weight excluding hydrogens is 256 g/mol. The van der Waals surface area contributed by atoms with Crippen LogP contribution in [0.2, 0.25) is 0 Å². The number of fused-ring (bicyclic) bond motifs is 1. The molecule has 5 heteroatoms. The number of nitrogens with two attached hydrogens (primary N) is 1. The molecule has 0 aliphatic carbocycles. The number of aryl methyl sites for hydroxylation is 1. The Morgan fingerprint density at radius 2 is 1.90 bits per heavy atom. The third-order valence-corrected chi connectivity index (χ3v) is 3.48. The van der Waals surface area contributed by atoms with Gasteiger partial charge in [0.2, 0.25) is 0 Å². The topological polar surface area (TPSA) is 60.9 Å². The fourth-order valence-electron chi connectivity index (χ4n) is 2.34. The van der Waals surface area contributed by atoms with E-state index in [0.29, 0.717) is 24.7 Å². The lowest BCUT2D eigenvalue weighted by atomic mass is 10.2. The number of nitrogen functional groups attached to an aromatic ring is 1. The van der Waals surface area contributed by atoms with Crippen LogP contribution in [0, 0.1) is 6.92 Å². The average molecular weight is 274 g/mol. The second-order valence-electron chi connectivity index (χ2n) is 4.91. The molecule has 2 aromatic rings. The zero-order valence-electron chi connectivity index (χ0n) is 11.7. The van der Waals surface area contributed by atoms with Crippen molar-refractivity contribution in [2.45, 2.75) is 13.5 Å². The molecule has 2 N–H and O–H groups in total. The molecule has 0 radical (unpaired) electrons. The van der Waals surface area contributed by atoms with Crippen LogP contribution in [-0.2, 0) is 6.54 Å². The molecule has 0 fully saturated rings. The molecule has 1 aromatic carbocycles. The van der Waals surface area contributed by atoms with Crippen molar-refractivity contribution >= 4 is 11.4 Å². The summed E-state index contributed by atoms with van der Waals surface area (Å²) in [5.41, 5.74) is 8.86. The predicted octanol–water partition coefficient (Wildman–Crippen LogP) is 2.58. The van der Waals surface area contributed by atoms with Crippen molar-refractivity contribution in [1.29, 1.82) is 0 Å². The third-order valence-electron chi connectivity index (χ3n) is 3.48. The van der Waals surface area contributed by atoms with Gasteiger partial charge in [0.05, 0.1) is 17.6 Å². The molecule has 20 heavy (non-hydrogen) atoms. The standard InChI is InChI=1S/C15H18N2O3/c1-10-11(3-4-18-10)9-17(2)13-8-15-14(7-12(13)16)19-5-6-20-15/h3-4,7-8H,5-6,9,16H2,1-2H3. The van der Waals surface area contributed by atoms with E-state index in [1.807, 2.05) is 32.2 Å². The predicted molar refractivity (Wildman–Crippen MR) is 77.4 cm³/mol. The Balaban J connectivity index is 1.87. The van der Waals surface area contributed by atoms with Crippen LogP contribution in [0.15, 0.2) is 28.9 Å². The van der Waals surface area contributed by atoms with Gasteiger partial charge in [0.25, 0.3) is 0 Å². The van der Waals surface area contributed by atoms with E-state index in [1.165, 1.54) is 0 Å². The largest absolute Gasteiger partial charge is 0.486 e. The molecule has 1 aliphatic rings. The van der Waals surface area contributed by atoms with E-state index in [2.05, 4.69) is 4.90 Å². The highest BCUT2D eigenvalue weighted by molar-refractivity contribution is 5.73. The van der Waals surface area contributed by atoms with Gasteiger partial charge in [-0.3, -0.25) is 0 Å². The fourth-order valence-corrected chi connectivity index (χ4v) is 2.34. The van der Waals surface area contributed by atoms with Crippen LogP contribution in [-0.4, -0.2) is 20.3 Å². The van der Waals surface area contributed by atoms with Gasteiger partial charge in [-0.1, -0.05) is 0 Å². The van der Waals surface area contributed by atoms with Crippen molar-refractivity contribution in [3.63, 3.8) is 0 Å². The minimum atomic E-state index is 0.565. The summed E-state index contributed by atoms with van der Waals surface area (Å²) in [5, 5.41) is 0. The molecule has 1 aliphatic heterocycles. The lowest BCUT2D eigenvalue weighted by Crippen LogP contribution is -2.20. The molecule has 0 unspecified atom stereocenters. The Morgan fingerprint density at radius 3 is 2.55 bits per heavy atom. The highest BCUT2D eigenvalue weighted by Crippen LogP contribution is 2.38. The smallest absolute Gasteiger partial charge is 0.163 e. The lowest BCUT2D eigenvalue weighted by molar-refractivity contribution is 0.172. The van der Waals surface area contributed by atoms with Crippen LogP contribution in [0.4, 0.5) is 11.4 Å². The second kappa shape index (κ2) is 5.00. The number of hydrogen-bond donors (Lipinski definition) is 1. The molecule has 0 saturated heterocycles. The molecule has 0 spiro atoms. The van der Waals surface area contributed by atoms with Crippen LogP contribution in [0.5, 0.6) is 11.5 Å². The molecule has 0 bridgehead atoms. The molecule has 106 valence electrons. The van der Waals surface area contributed by atoms with E-state index in [4.69, 9.17) is 19.6 Å². The Labute approximate surface area is 117 Å². The number of anilines is 2. The summed E-state index contributed by atoms with van der Waals surface area (Å²) in [6.45, 7) is 3.82. The maximum atomic E-state index is 6.11. The van der Waals surface area contributed by atoms with Gasteiger partial charge in [0.15, 0.2) is 11.5 Å². The zero-order valence-corrected chi connectivity index (χ0v) is 11.7. The maximum absolute atomic E-state index is 6.11. The minimum Gasteiger partial charge on any atom is -0.486 e. The second-order valence-corrected chi connectivity index (χ2v) is 4.91. The minimum absolute atomic E-state index is 0.565. The summed E-state index contributed by atoms with van der Waals surface area (Å²) >= 11 is 0. The van der Waals surface area contributed by atoms with Gasteiger partial charge in [0.1, 0.15) is 19.0 Å². The number of rotatable bonds is 3. The van der Waals surface area contributed by atoms with Gasteiger partial charge in [-0.15, -0.1) is 0 Å². The van der Waals surface area contributed by atoms with Crippen molar-refractivity contribution in [3.05, 3.63) is 35.8 Å². The highest BCUT2D eigenvalue weighted by atomic mass is 16.6. The highest BCUT2D eigenvalue weighted by Gasteiger charge is 2.17. The summed E-state index contributed by atoms with van der Waals surface area (Å²) in [6.07, 6.45) is 1.70. The summed E-state index contributed by atoms with van der Waals surface area (Å²) in [6, 6.07) is 5.72. The molecule has 0 saturated carbocycles. The van der Waals surface area contributed by atoms with E-state index in [1.54, 1.807) is 6.26 Å². The van der Waals surface area contributed by atoms with Gasteiger partial charge in [0, 0.05) is 31.3 Å². The molecule has 2 heterocycles. The quantitative estimate of drug-likeness (QED) is 0.872. The fraction of sp³-hybridized carbons (Fsp3) is 0.333. The number of benzene rings is 1. The molecule has 3 rings (SSSR count). The van der Waals surface area contributed by atoms with Crippen molar-refractivity contribution < 1.29 is 13.9 Å². The Hall–Kier alpha value is -2.30. The Kier molecular flexibility index (Phi) is 3.18. The van der Waals surface area contributed by atoms with Crippen LogP contribution in [0.25, 0.3) is 0 Å². The van der Waals surface area contributed by atoms with Crippen LogP contribution < -0.4 is 20.1 Å². The number of ether oxygens (including phenoxy) is 2. The van der Waals surface area contributed by atoms with Crippen LogP contribution >= 0.6 is 0 Å². The first kappa shape index (κ1) is 12.7. The number of nitrogens with zero attached hydrogens (tertiary/aromatic N) is 1. The van der Waals surface area contributed by atoms with E-state index >= 15 is 0 Å². The number of furan rings is 1. The number of hydrogen-bond acceptors (Lipinski definition) is 5. The molecular formula is C15H18N2O3. The lowest BCUT2D eigenvalue weighted by Gasteiger charge is -2.25. The van der Waals surface area contributed by atoms with Crippen LogP contribution in [0.1, 0.15) is 11.3 Å². The maximum Gasteiger partial charge on any atom is 0.163 e. The van der Waals surface area contributed by atoms with E-state index in [0.717, 1.165) is 29.3 Å². The summed E-state index contributed by atoms with van der Waals surface area (Å²) < 4.78 is 16.4. The molecule has 1 aromatic heterocycles. The van der Waals surface area contributed by atoms with Gasteiger partial charge < -0.3 is 24.5 Å². The van der Waals surface area contributed by atoms with Gasteiger partial charge in [-0.25, -0.2) is 0 Å². The van der Waals surface area contributed by atoms with E-state index < -0.39 is 0 Å². The van der Waals surface area contributed by atoms with Crippen LogP contribution in [0.3, 0.4) is 0 Å². The van der Waals surface area contributed by atoms with Gasteiger partial charge in [-0.05, 0) is 13.0 Å². The van der Waals surface area contributed by atoms with Crippen molar-refractivity contribution in [2.75, 3.05) is 30.9 Å². The summed E-state index contributed by atoms with van der Waals surface area (Å²) in [5.74, 6) is 2.38. The monoisotopic (exact) mass is 274 g/mol. The Morgan fingerprint density at radius 1 is 1.20 bits per heavy atom. The first-order valence-electron chi connectivity index (χ1n) is 6.58. The first-order chi connectivity index (χ1) is 9.65. The molecule has 0 atom stereocenters. The van der Waals surface area contributed by atoms with Crippen molar-refractivity contribution in [3.8, 4) is 11.5 Å². The summed E-state index contributed by atoms with van der Waals surface area (Å²) in [7, 11) is 1.99. The van der Waals surface area contributed by atoms with Gasteiger partial charge in [-0.2, -0.15) is 0 Å². The van der Waals surface area contributed by atoms with E-state index in [-0.39, 0.29) is 0 Å².